The van der Waals surface area contributed by atoms with Crippen LogP contribution in [0.4, 0.5) is 13.2 Å². The van der Waals surface area contributed by atoms with E-state index in [1.165, 1.54) is 12.1 Å². The van der Waals surface area contributed by atoms with Crippen LogP contribution in [0.25, 0.3) is 11.3 Å². The Labute approximate surface area is 121 Å². The molecule has 1 heterocycles. The van der Waals surface area contributed by atoms with E-state index in [1.807, 2.05) is 0 Å². The Morgan fingerprint density at radius 3 is 2.67 bits per heavy atom. The van der Waals surface area contributed by atoms with Gasteiger partial charge in [-0.2, -0.15) is 18.4 Å². The number of hydrogen-bond acceptors (Lipinski definition) is 4. The standard InChI is InChI=1S/C13H8F3N3OS/c1-21-12-18-10(9(6-17)11(20)19-12)7-3-2-4-8(5-7)13(14,15)16/h2-5H,1H3,(H,18,19,20). The number of aromatic nitrogens is 2. The minimum absolute atomic E-state index is 0.0586. The third-order valence-corrected chi connectivity index (χ3v) is 3.25. The lowest BCUT2D eigenvalue weighted by atomic mass is 10.0. The maximum atomic E-state index is 12.7. The molecular weight excluding hydrogens is 303 g/mol. The van der Waals surface area contributed by atoms with Gasteiger partial charge in [0.25, 0.3) is 5.56 Å². The molecule has 0 radical (unpaired) electrons. The summed E-state index contributed by atoms with van der Waals surface area (Å²) < 4.78 is 38.2. The van der Waals surface area contributed by atoms with E-state index in [0.29, 0.717) is 0 Å². The molecule has 21 heavy (non-hydrogen) atoms. The van der Waals surface area contributed by atoms with Crippen LogP contribution in [0, 0.1) is 11.3 Å². The van der Waals surface area contributed by atoms with Crippen LogP contribution in [-0.2, 0) is 6.18 Å². The second kappa shape index (κ2) is 5.61. The zero-order chi connectivity index (χ0) is 15.6. The van der Waals surface area contributed by atoms with Gasteiger partial charge in [0, 0.05) is 5.56 Å². The first-order valence-corrected chi connectivity index (χ1v) is 6.85. The molecule has 1 aromatic heterocycles. The normalized spacial score (nSPS) is 11.2. The Bertz CT molecular complexity index is 777. The summed E-state index contributed by atoms with van der Waals surface area (Å²) >= 11 is 1.12. The molecule has 1 aromatic carbocycles. The van der Waals surface area contributed by atoms with Gasteiger partial charge in [0.15, 0.2) is 5.16 Å². The molecule has 0 unspecified atom stereocenters. The van der Waals surface area contributed by atoms with Gasteiger partial charge >= 0.3 is 6.18 Å². The zero-order valence-electron chi connectivity index (χ0n) is 10.7. The van der Waals surface area contributed by atoms with Gasteiger partial charge in [-0.05, 0) is 18.4 Å². The van der Waals surface area contributed by atoms with Crippen molar-refractivity contribution >= 4 is 11.8 Å². The predicted molar refractivity (Wildman–Crippen MR) is 71.8 cm³/mol. The maximum absolute atomic E-state index is 12.7. The first-order chi connectivity index (χ1) is 9.86. The third-order valence-electron chi connectivity index (χ3n) is 2.67. The summed E-state index contributed by atoms with van der Waals surface area (Å²) in [5, 5.41) is 9.24. The van der Waals surface area contributed by atoms with Gasteiger partial charge in [-0.25, -0.2) is 4.98 Å². The molecule has 0 saturated heterocycles. The number of benzene rings is 1. The van der Waals surface area contributed by atoms with Crippen molar-refractivity contribution in [3.05, 3.63) is 45.7 Å². The summed E-state index contributed by atoms with van der Waals surface area (Å²) in [5.41, 5.74) is -1.84. The molecule has 2 aromatic rings. The Hall–Kier alpha value is -2.27. The highest BCUT2D eigenvalue weighted by Crippen LogP contribution is 2.32. The highest BCUT2D eigenvalue weighted by Gasteiger charge is 2.30. The Balaban J connectivity index is 2.70. The minimum atomic E-state index is -4.51. The number of alkyl halides is 3. The second-order valence-electron chi connectivity index (χ2n) is 3.99. The number of nitrogens with one attached hydrogen (secondary N) is 1. The molecule has 0 fully saturated rings. The lowest BCUT2D eigenvalue weighted by molar-refractivity contribution is -0.137. The number of aromatic amines is 1. The van der Waals surface area contributed by atoms with E-state index >= 15 is 0 Å². The van der Waals surface area contributed by atoms with E-state index in [-0.39, 0.29) is 22.0 Å². The number of H-pyrrole nitrogens is 1. The summed E-state index contributed by atoms with van der Waals surface area (Å²) in [6, 6.07) is 6.04. The van der Waals surface area contributed by atoms with Crippen molar-refractivity contribution in [1.82, 2.24) is 9.97 Å². The van der Waals surface area contributed by atoms with Gasteiger partial charge < -0.3 is 4.98 Å². The number of nitrogens with zero attached hydrogens (tertiary/aromatic N) is 2. The fourth-order valence-corrected chi connectivity index (χ4v) is 2.08. The molecule has 0 spiro atoms. The molecule has 108 valence electrons. The van der Waals surface area contributed by atoms with Crippen molar-refractivity contribution in [3.8, 4) is 17.3 Å². The minimum Gasteiger partial charge on any atom is -0.300 e. The summed E-state index contributed by atoms with van der Waals surface area (Å²) in [6.07, 6.45) is -2.85. The average Bonchev–Trinajstić information content (AvgIpc) is 2.45. The van der Waals surface area contributed by atoms with Gasteiger partial charge in [0.2, 0.25) is 0 Å². The molecule has 0 aliphatic carbocycles. The van der Waals surface area contributed by atoms with Crippen LogP contribution in [0.2, 0.25) is 0 Å². The number of hydrogen-bond donors (Lipinski definition) is 1. The Morgan fingerprint density at radius 2 is 2.10 bits per heavy atom. The SMILES string of the molecule is CSc1nc(-c2cccc(C(F)(F)F)c2)c(C#N)c(=O)[nH]1. The van der Waals surface area contributed by atoms with E-state index < -0.39 is 17.3 Å². The average molecular weight is 311 g/mol. The van der Waals surface area contributed by atoms with Crippen molar-refractivity contribution in [2.24, 2.45) is 0 Å². The number of halogens is 3. The maximum Gasteiger partial charge on any atom is 0.416 e. The van der Waals surface area contributed by atoms with Crippen LogP contribution in [0.5, 0.6) is 0 Å². The lowest BCUT2D eigenvalue weighted by Crippen LogP contribution is -2.15. The summed E-state index contributed by atoms with van der Waals surface area (Å²) in [4.78, 5) is 18.2. The van der Waals surface area contributed by atoms with Gasteiger partial charge in [-0.3, -0.25) is 4.79 Å². The second-order valence-corrected chi connectivity index (χ2v) is 4.78. The summed E-state index contributed by atoms with van der Waals surface area (Å²) in [5.74, 6) is 0. The van der Waals surface area contributed by atoms with Crippen molar-refractivity contribution in [2.45, 2.75) is 11.3 Å². The fraction of sp³-hybridized carbons (Fsp3) is 0.154. The zero-order valence-corrected chi connectivity index (χ0v) is 11.5. The van der Waals surface area contributed by atoms with Crippen LogP contribution in [0.15, 0.2) is 34.2 Å². The number of nitriles is 1. The Kier molecular flexibility index (Phi) is 4.04. The molecule has 0 aliphatic heterocycles. The molecule has 2 rings (SSSR count). The van der Waals surface area contributed by atoms with Crippen LogP contribution in [0.1, 0.15) is 11.1 Å². The quantitative estimate of drug-likeness (QED) is 0.683. The molecule has 0 atom stereocenters. The topological polar surface area (TPSA) is 69.5 Å². The number of thioether (sulfide) groups is 1. The number of rotatable bonds is 2. The van der Waals surface area contributed by atoms with Crippen LogP contribution in [-0.4, -0.2) is 16.2 Å². The third kappa shape index (κ3) is 3.08. The smallest absolute Gasteiger partial charge is 0.300 e. The molecule has 0 bridgehead atoms. The molecule has 0 amide bonds. The largest absolute Gasteiger partial charge is 0.416 e. The van der Waals surface area contributed by atoms with Crippen LogP contribution < -0.4 is 5.56 Å². The first kappa shape index (κ1) is 15.1. The first-order valence-electron chi connectivity index (χ1n) is 5.63. The van der Waals surface area contributed by atoms with E-state index in [2.05, 4.69) is 9.97 Å². The molecular formula is C13H8F3N3OS. The highest BCUT2D eigenvalue weighted by molar-refractivity contribution is 7.98. The molecule has 0 aliphatic rings. The van der Waals surface area contributed by atoms with Crippen molar-refractivity contribution < 1.29 is 13.2 Å². The fourth-order valence-electron chi connectivity index (χ4n) is 1.70. The molecule has 0 saturated carbocycles. The Morgan fingerprint density at radius 1 is 1.38 bits per heavy atom. The molecule has 4 nitrogen and oxygen atoms in total. The van der Waals surface area contributed by atoms with Gasteiger partial charge in [0.05, 0.1) is 11.3 Å². The predicted octanol–water partition coefficient (Wildman–Crippen LogP) is 3.05. The van der Waals surface area contributed by atoms with Crippen molar-refractivity contribution in [3.63, 3.8) is 0 Å². The van der Waals surface area contributed by atoms with E-state index in [4.69, 9.17) is 5.26 Å². The highest BCUT2D eigenvalue weighted by atomic mass is 32.2. The van der Waals surface area contributed by atoms with E-state index in [0.717, 1.165) is 23.9 Å². The van der Waals surface area contributed by atoms with Crippen molar-refractivity contribution in [1.29, 1.82) is 5.26 Å². The van der Waals surface area contributed by atoms with Gasteiger partial charge in [-0.1, -0.05) is 23.9 Å². The van der Waals surface area contributed by atoms with E-state index in [9.17, 15) is 18.0 Å². The van der Waals surface area contributed by atoms with Crippen LogP contribution in [0.3, 0.4) is 0 Å². The summed E-state index contributed by atoms with van der Waals surface area (Å²) in [7, 11) is 0. The monoisotopic (exact) mass is 311 g/mol. The van der Waals surface area contributed by atoms with E-state index in [1.54, 1.807) is 12.3 Å². The molecule has 1 N–H and O–H groups in total. The van der Waals surface area contributed by atoms with Crippen molar-refractivity contribution in [2.75, 3.05) is 6.26 Å². The van der Waals surface area contributed by atoms with Gasteiger partial charge in [0.1, 0.15) is 11.6 Å². The van der Waals surface area contributed by atoms with Crippen LogP contribution >= 0.6 is 11.8 Å². The van der Waals surface area contributed by atoms with Gasteiger partial charge in [-0.15, -0.1) is 0 Å². The lowest BCUT2D eigenvalue weighted by Gasteiger charge is -2.09. The molecule has 8 heteroatoms. The summed E-state index contributed by atoms with van der Waals surface area (Å²) in [6.45, 7) is 0.